The number of benzene rings is 1. The molecule has 0 N–H and O–H groups in total. The molecule has 0 atom stereocenters. The fourth-order valence-corrected chi connectivity index (χ4v) is 2.29. The summed E-state index contributed by atoms with van der Waals surface area (Å²) in [6, 6.07) is 6.79. The van der Waals surface area contributed by atoms with Crippen molar-refractivity contribution >= 4 is 17.6 Å². The van der Waals surface area contributed by atoms with Crippen LogP contribution >= 0.6 is 11.6 Å². The minimum atomic E-state index is 0.704. The Balaban J connectivity index is 1.89. The van der Waals surface area contributed by atoms with E-state index in [0.29, 0.717) is 6.61 Å². The van der Waals surface area contributed by atoms with E-state index in [9.17, 15) is 0 Å². The maximum Gasteiger partial charge on any atom is 0.288 e. The van der Waals surface area contributed by atoms with Crippen LogP contribution < -0.4 is 0 Å². The average molecular weight is 223 g/mol. The first-order chi connectivity index (χ1) is 7.34. The summed E-state index contributed by atoms with van der Waals surface area (Å²) in [7, 11) is 0. The third kappa shape index (κ3) is 1.47. The SMILES string of the molecule is Clc1cccc2c1CN(C1=NCCO1)C2. The normalized spacial score (nSPS) is 18.7. The van der Waals surface area contributed by atoms with Gasteiger partial charge in [-0.2, -0.15) is 0 Å². The van der Waals surface area contributed by atoms with E-state index in [1.54, 1.807) is 0 Å². The third-order valence-electron chi connectivity index (χ3n) is 2.77. The van der Waals surface area contributed by atoms with Crippen molar-refractivity contribution in [3.63, 3.8) is 0 Å². The Hall–Kier alpha value is -1.22. The van der Waals surface area contributed by atoms with Crippen LogP contribution in [0.25, 0.3) is 0 Å². The molecular weight excluding hydrogens is 212 g/mol. The molecule has 0 spiro atoms. The van der Waals surface area contributed by atoms with Crippen molar-refractivity contribution in [3.05, 3.63) is 34.3 Å². The van der Waals surface area contributed by atoms with Crippen LogP contribution in [0.4, 0.5) is 0 Å². The summed E-state index contributed by atoms with van der Waals surface area (Å²) in [6.45, 7) is 3.15. The van der Waals surface area contributed by atoms with E-state index in [0.717, 1.165) is 30.7 Å². The van der Waals surface area contributed by atoms with Crippen LogP contribution in [0.1, 0.15) is 11.1 Å². The Labute approximate surface area is 93.3 Å². The molecule has 0 bridgehead atoms. The summed E-state index contributed by atoms with van der Waals surface area (Å²) in [4.78, 5) is 6.44. The topological polar surface area (TPSA) is 24.8 Å². The number of halogens is 1. The van der Waals surface area contributed by atoms with Gasteiger partial charge in [-0.15, -0.1) is 0 Å². The van der Waals surface area contributed by atoms with Gasteiger partial charge in [0.2, 0.25) is 0 Å². The van der Waals surface area contributed by atoms with E-state index < -0.39 is 0 Å². The number of fused-ring (bicyclic) bond motifs is 1. The number of aliphatic imine (C=N–C) groups is 1. The highest BCUT2D eigenvalue weighted by Crippen LogP contribution is 2.29. The van der Waals surface area contributed by atoms with Gasteiger partial charge in [0.15, 0.2) is 0 Å². The zero-order chi connectivity index (χ0) is 10.3. The van der Waals surface area contributed by atoms with Crippen LogP contribution in [-0.4, -0.2) is 24.1 Å². The molecule has 1 aromatic rings. The summed E-state index contributed by atoms with van der Waals surface area (Å²) >= 11 is 6.13. The molecule has 0 fully saturated rings. The molecule has 0 aromatic heterocycles. The minimum Gasteiger partial charge on any atom is -0.463 e. The molecular formula is C11H11ClN2O. The lowest BCUT2D eigenvalue weighted by Gasteiger charge is -2.15. The highest BCUT2D eigenvalue weighted by molar-refractivity contribution is 6.31. The third-order valence-corrected chi connectivity index (χ3v) is 3.12. The lowest BCUT2D eigenvalue weighted by molar-refractivity contribution is 0.265. The largest absolute Gasteiger partial charge is 0.463 e. The van der Waals surface area contributed by atoms with E-state index >= 15 is 0 Å². The van der Waals surface area contributed by atoms with E-state index in [1.165, 1.54) is 11.1 Å². The molecule has 78 valence electrons. The second kappa shape index (κ2) is 3.42. The zero-order valence-electron chi connectivity index (χ0n) is 8.24. The molecule has 15 heavy (non-hydrogen) atoms. The number of nitrogens with zero attached hydrogens (tertiary/aromatic N) is 2. The Morgan fingerprint density at radius 2 is 2.27 bits per heavy atom. The van der Waals surface area contributed by atoms with Gasteiger partial charge in [-0.3, -0.25) is 0 Å². The van der Waals surface area contributed by atoms with Crippen LogP contribution in [0.3, 0.4) is 0 Å². The summed E-state index contributed by atoms with van der Waals surface area (Å²) < 4.78 is 5.44. The van der Waals surface area contributed by atoms with Crippen molar-refractivity contribution in [2.75, 3.05) is 13.2 Å². The highest BCUT2D eigenvalue weighted by Gasteiger charge is 2.25. The smallest absolute Gasteiger partial charge is 0.288 e. The van der Waals surface area contributed by atoms with Crippen LogP contribution in [0.2, 0.25) is 5.02 Å². The molecule has 2 aliphatic rings. The molecule has 0 saturated heterocycles. The van der Waals surface area contributed by atoms with Gasteiger partial charge in [0.05, 0.1) is 6.54 Å². The lowest BCUT2D eigenvalue weighted by atomic mass is 10.1. The van der Waals surface area contributed by atoms with Gasteiger partial charge >= 0.3 is 0 Å². The standard InChI is InChI=1S/C11H11ClN2O/c12-10-3-1-2-8-6-14(7-9(8)10)11-13-4-5-15-11/h1-3H,4-7H2. The predicted octanol–water partition coefficient (Wildman–Crippen LogP) is 2.04. The molecule has 0 amide bonds. The predicted molar refractivity (Wildman–Crippen MR) is 59.0 cm³/mol. The van der Waals surface area contributed by atoms with Gasteiger partial charge in [0, 0.05) is 18.1 Å². The molecule has 0 saturated carbocycles. The van der Waals surface area contributed by atoms with Crippen molar-refractivity contribution in [1.82, 2.24) is 4.90 Å². The average Bonchev–Trinajstić information content (AvgIpc) is 2.86. The summed E-state index contributed by atoms with van der Waals surface area (Å²) in [6.07, 6.45) is 0. The first kappa shape index (κ1) is 9.04. The van der Waals surface area contributed by atoms with E-state index in [2.05, 4.69) is 16.0 Å². The molecule has 4 heteroatoms. The van der Waals surface area contributed by atoms with Gasteiger partial charge in [-0.05, 0) is 17.2 Å². The second-order valence-corrected chi connectivity index (χ2v) is 4.15. The number of hydrogen-bond donors (Lipinski definition) is 0. The van der Waals surface area contributed by atoms with Crippen molar-refractivity contribution in [1.29, 1.82) is 0 Å². The zero-order valence-corrected chi connectivity index (χ0v) is 9.00. The van der Waals surface area contributed by atoms with Gasteiger partial charge < -0.3 is 9.64 Å². The number of amidine groups is 1. The molecule has 2 aliphatic heterocycles. The van der Waals surface area contributed by atoms with Gasteiger partial charge in [-0.25, -0.2) is 4.99 Å². The van der Waals surface area contributed by atoms with E-state index in [4.69, 9.17) is 16.3 Å². The first-order valence-corrected chi connectivity index (χ1v) is 5.41. The Kier molecular flexibility index (Phi) is 2.06. The monoisotopic (exact) mass is 222 g/mol. The Bertz CT molecular complexity index is 431. The van der Waals surface area contributed by atoms with Crippen molar-refractivity contribution < 1.29 is 4.74 Å². The summed E-state index contributed by atoms with van der Waals surface area (Å²) in [5.41, 5.74) is 2.48. The molecule has 0 radical (unpaired) electrons. The lowest BCUT2D eigenvalue weighted by Crippen LogP contribution is -2.25. The van der Waals surface area contributed by atoms with Crippen molar-refractivity contribution in [3.8, 4) is 0 Å². The van der Waals surface area contributed by atoms with Crippen LogP contribution in [0.15, 0.2) is 23.2 Å². The fourth-order valence-electron chi connectivity index (χ4n) is 2.03. The second-order valence-electron chi connectivity index (χ2n) is 3.75. The maximum absolute atomic E-state index is 6.13. The highest BCUT2D eigenvalue weighted by atomic mass is 35.5. The molecule has 2 heterocycles. The van der Waals surface area contributed by atoms with Gasteiger partial charge in [0.25, 0.3) is 6.02 Å². The molecule has 1 aromatic carbocycles. The first-order valence-electron chi connectivity index (χ1n) is 5.03. The fraction of sp³-hybridized carbons (Fsp3) is 0.364. The Morgan fingerprint density at radius 3 is 3.00 bits per heavy atom. The van der Waals surface area contributed by atoms with E-state index in [1.807, 2.05) is 12.1 Å². The van der Waals surface area contributed by atoms with Gasteiger partial charge in [0.1, 0.15) is 6.61 Å². The van der Waals surface area contributed by atoms with Gasteiger partial charge in [-0.1, -0.05) is 23.7 Å². The quantitative estimate of drug-likeness (QED) is 0.671. The molecule has 0 unspecified atom stereocenters. The van der Waals surface area contributed by atoms with E-state index in [-0.39, 0.29) is 0 Å². The van der Waals surface area contributed by atoms with Crippen LogP contribution in [0.5, 0.6) is 0 Å². The molecule has 3 nitrogen and oxygen atoms in total. The minimum absolute atomic E-state index is 0.704. The molecule has 3 rings (SSSR count). The number of ether oxygens (including phenoxy) is 1. The Morgan fingerprint density at radius 1 is 1.33 bits per heavy atom. The van der Waals surface area contributed by atoms with Crippen LogP contribution in [0, 0.1) is 0 Å². The van der Waals surface area contributed by atoms with Crippen molar-refractivity contribution in [2.24, 2.45) is 4.99 Å². The van der Waals surface area contributed by atoms with Crippen molar-refractivity contribution in [2.45, 2.75) is 13.1 Å². The van der Waals surface area contributed by atoms with Crippen LogP contribution in [-0.2, 0) is 17.8 Å². The summed E-state index contributed by atoms with van der Waals surface area (Å²) in [5.74, 6) is 0. The number of hydrogen-bond acceptors (Lipinski definition) is 3. The number of rotatable bonds is 0. The summed E-state index contributed by atoms with van der Waals surface area (Å²) in [5, 5.41) is 0.841. The molecule has 0 aliphatic carbocycles. The maximum atomic E-state index is 6.13.